The number of aromatic nitrogens is 4. The van der Waals surface area contributed by atoms with Gasteiger partial charge in [0.1, 0.15) is 5.69 Å². The molecule has 0 unspecified atom stereocenters. The minimum Gasteiger partial charge on any atom is -0.347 e. The number of benzene rings is 2. The molecule has 0 radical (unpaired) electrons. The fourth-order valence-electron chi connectivity index (χ4n) is 3.14. The number of anilines is 2. The molecule has 6 nitrogen and oxygen atoms in total. The summed E-state index contributed by atoms with van der Waals surface area (Å²) in [4.78, 5) is 13.0. The minimum absolute atomic E-state index is 0.0861. The highest BCUT2D eigenvalue weighted by Crippen LogP contribution is 2.19. The van der Waals surface area contributed by atoms with Crippen molar-refractivity contribution >= 4 is 11.4 Å². The normalized spacial score (nSPS) is 10.9. The van der Waals surface area contributed by atoms with Crippen LogP contribution in [0.4, 0.5) is 11.4 Å². The monoisotopic (exact) mass is 359 g/mol. The summed E-state index contributed by atoms with van der Waals surface area (Å²) in [5.74, 6) is 0. The Bertz CT molecular complexity index is 1110. The van der Waals surface area contributed by atoms with Crippen LogP contribution in [0.2, 0.25) is 0 Å². The van der Waals surface area contributed by atoms with Gasteiger partial charge in [0.15, 0.2) is 0 Å². The van der Waals surface area contributed by atoms with Crippen molar-refractivity contribution in [2.45, 2.75) is 13.5 Å². The number of rotatable bonds is 5. The lowest BCUT2D eigenvalue weighted by atomic mass is 10.2. The molecule has 4 rings (SSSR count). The lowest BCUT2D eigenvalue weighted by Crippen LogP contribution is -2.20. The van der Waals surface area contributed by atoms with Crippen LogP contribution in [-0.4, -0.2) is 19.1 Å². The van der Waals surface area contributed by atoms with E-state index in [4.69, 9.17) is 0 Å². The van der Waals surface area contributed by atoms with Gasteiger partial charge in [0.05, 0.1) is 29.8 Å². The Morgan fingerprint density at radius 2 is 1.67 bits per heavy atom. The summed E-state index contributed by atoms with van der Waals surface area (Å²) in [6.07, 6.45) is 3.65. The lowest BCUT2D eigenvalue weighted by Gasteiger charge is -2.07. The van der Waals surface area contributed by atoms with Crippen LogP contribution in [0.1, 0.15) is 11.3 Å². The van der Waals surface area contributed by atoms with E-state index < -0.39 is 0 Å². The Balaban J connectivity index is 1.62. The fraction of sp³-hybridized carbons (Fsp3) is 0.143. The molecule has 0 fully saturated rings. The minimum atomic E-state index is -0.0861. The first-order chi connectivity index (χ1) is 13.1. The summed E-state index contributed by atoms with van der Waals surface area (Å²) < 4.78 is 5.37. The molecule has 0 aliphatic heterocycles. The van der Waals surface area contributed by atoms with Crippen LogP contribution < -0.4 is 10.9 Å². The highest BCUT2D eigenvalue weighted by molar-refractivity contribution is 5.60. The van der Waals surface area contributed by atoms with E-state index in [1.54, 1.807) is 10.9 Å². The van der Waals surface area contributed by atoms with E-state index in [0.717, 1.165) is 17.1 Å². The van der Waals surface area contributed by atoms with Crippen LogP contribution in [0.3, 0.4) is 0 Å². The molecule has 0 atom stereocenters. The molecule has 2 aromatic heterocycles. The van der Waals surface area contributed by atoms with Crippen molar-refractivity contribution in [3.05, 3.63) is 94.7 Å². The number of para-hydroxylation sites is 1. The first-order valence-electron chi connectivity index (χ1n) is 8.81. The average molecular weight is 359 g/mol. The SMILES string of the molecule is Cc1c(Nc2cnn(Cc3ccccc3)c2)c(=O)n(-c2ccccc2)n1C. The van der Waals surface area contributed by atoms with Crippen molar-refractivity contribution in [3.63, 3.8) is 0 Å². The van der Waals surface area contributed by atoms with Gasteiger partial charge in [0.25, 0.3) is 5.56 Å². The topological polar surface area (TPSA) is 56.8 Å². The van der Waals surface area contributed by atoms with Crippen molar-refractivity contribution in [2.24, 2.45) is 7.05 Å². The van der Waals surface area contributed by atoms with Gasteiger partial charge in [0, 0.05) is 13.2 Å². The van der Waals surface area contributed by atoms with Gasteiger partial charge in [-0.25, -0.2) is 4.68 Å². The van der Waals surface area contributed by atoms with E-state index in [2.05, 4.69) is 22.5 Å². The zero-order chi connectivity index (χ0) is 18.8. The zero-order valence-corrected chi connectivity index (χ0v) is 15.3. The summed E-state index contributed by atoms with van der Waals surface area (Å²) in [7, 11) is 1.88. The number of nitrogens with zero attached hydrogens (tertiary/aromatic N) is 4. The Morgan fingerprint density at radius 3 is 2.37 bits per heavy atom. The summed E-state index contributed by atoms with van der Waals surface area (Å²) in [6.45, 7) is 2.61. The first-order valence-corrected chi connectivity index (χ1v) is 8.81. The molecule has 0 saturated heterocycles. The molecule has 0 bridgehead atoms. The van der Waals surface area contributed by atoms with Crippen molar-refractivity contribution in [1.82, 2.24) is 19.1 Å². The maximum Gasteiger partial charge on any atom is 0.295 e. The van der Waals surface area contributed by atoms with Crippen LogP contribution in [0.25, 0.3) is 5.69 Å². The number of hydrogen-bond acceptors (Lipinski definition) is 3. The molecule has 2 heterocycles. The van der Waals surface area contributed by atoms with Gasteiger partial charge in [0.2, 0.25) is 0 Å². The maximum atomic E-state index is 13.0. The molecule has 27 heavy (non-hydrogen) atoms. The van der Waals surface area contributed by atoms with E-state index >= 15 is 0 Å². The summed E-state index contributed by atoms with van der Waals surface area (Å²) in [5, 5.41) is 7.63. The van der Waals surface area contributed by atoms with Gasteiger partial charge in [-0.1, -0.05) is 48.5 Å². The molecule has 2 aromatic carbocycles. The third kappa shape index (κ3) is 3.29. The second-order valence-electron chi connectivity index (χ2n) is 6.47. The average Bonchev–Trinajstić information content (AvgIpc) is 3.21. The first kappa shape index (κ1) is 16.9. The second kappa shape index (κ2) is 6.99. The highest BCUT2D eigenvalue weighted by atomic mass is 16.1. The fourth-order valence-corrected chi connectivity index (χ4v) is 3.14. The highest BCUT2D eigenvalue weighted by Gasteiger charge is 2.16. The van der Waals surface area contributed by atoms with Gasteiger partial charge in [-0.05, 0) is 24.6 Å². The molecule has 0 aliphatic carbocycles. The number of hydrogen-bond donors (Lipinski definition) is 1. The van der Waals surface area contributed by atoms with Crippen molar-refractivity contribution in [1.29, 1.82) is 0 Å². The standard InChI is InChI=1S/C21H21N5O/c1-16-20(21(27)26(24(16)2)19-11-7-4-8-12-19)23-18-13-22-25(15-18)14-17-9-5-3-6-10-17/h3-13,15,23H,14H2,1-2H3. The van der Waals surface area contributed by atoms with Crippen LogP contribution >= 0.6 is 0 Å². The van der Waals surface area contributed by atoms with Crippen molar-refractivity contribution in [3.8, 4) is 5.69 Å². The van der Waals surface area contributed by atoms with Crippen LogP contribution in [0.5, 0.6) is 0 Å². The van der Waals surface area contributed by atoms with Crippen LogP contribution in [-0.2, 0) is 13.6 Å². The molecule has 1 N–H and O–H groups in total. The van der Waals surface area contributed by atoms with Gasteiger partial charge in [-0.15, -0.1) is 0 Å². The quantitative estimate of drug-likeness (QED) is 0.594. The summed E-state index contributed by atoms with van der Waals surface area (Å²) in [5.41, 5.74) is 4.13. The van der Waals surface area contributed by atoms with Gasteiger partial charge >= 0.3 is 0 Å². The largest absolute Gasteiger partial charge is 0.347 e. The lowest BCUT2D eigenvalue weighted by molar-refractivity contribution is 0.630. The molecule has 0 amide bonds. The molecule has 0 saturated carbocycles. The predicted molar refractivity (Wildman–Crippen MR) is 107 cm³/mol. The van der Waals surface area contributed by atoms with E-state index in [1.165, 1.54) is 5.56 Å². The van der Waals surface area contributed by atoms with E-state index in [0.29, 0.717) is 12.2 Å². The second-order valence-corrected chi connectivity index (χ2v) is 6.47. The smallest absolute Gasteiger partial charge is 0.295 e. The molecule has 136 valence electrons. The van der Waals surface area contributed by atoms with E-state index in [1.807, 2.05) is 78.1 Å². The Morgan fingerprint density at radius 1 is 1.00 bits per heavy atom. The third-order valence-electron chi connectivity index (χ3n) is 4.64. The molecule has 6 heteroatoms. The van der Waals surface area contributed by atoms with E-state index in [-0.39, 0.29) is 5.56 Å². The van der Waals surface area contributed by atoms with Crippen LogP contribution in [0.15, 0.2) is 77.9 Å². The van der Waals surface area contributed by atoms with Gasteiger partial charge < -0.3 is 5.32 Å². The summed E-state index contributed by atoms with van der Waals surface area (Å²) in [6, 6.07) is 19.8. The van der Waals surface area contributed by atoms with Crippen molar-refractivity contribution in [2.75, 3.05) is 5.32 Å². The molecular weight excluding hydrogens is 338 g/mol. The van der Waals surface area contributed by atoms with Crippen LogP contribution in [0, 0.1) is 6.92 Å². The van der Waals surface area contributed by atoms with Gasteiger partial charge in [-0.3, -0.25) is 14.2 Å². The van der Waals surface area contributed by atoms with Crippen molar-refractivity contribution < 1.29 is 0 Å². The Labute approximate surface area is 157 Å². The Hall–Kier alpha value is -3.54. The zero-order valence-electron chi connectivity index (χ0n) is 15.3. The summed E-state index contributed by atoms with van der Waals surface area (Å²) >= 11 is 0. The number of nitrogens with one attached hydrogen (secondary N) is 1. The molecule has 4 aromatic rings. The van der Waals surface area contributed by atoms with E-state index in [9.17, 15) is 4.79 Å². The van der Waals surface area contributed by atoms with Gasteiger partial charge in [-0.2, -0.15) is 5.10 Å². The third-order valence-corrected chi connectivity index (χ3v) is 4.64. The molecule has 0 spiro atoms. The predicted octanol–water partition coefficient (Wildman–Crippen LogP) is 3.47. The Kier molecular flexibility index (Phi) is 4.38. The maximum absolute atomic E-state index is 13.0. The molecule has 0 aliphatic rings. The molecular formula is C21H21N5O.